The number of nitrogens with one attached hydrogen (secondary N) is 2. The summed E-state index contributed by atoms with van der Waals surface area (Å²) in [5.74, 6) is -2.40. The highest BCUT2D eigenvalue weighted by atomic mass is 16.5. The Morgan fingerprint density at radius 1 is 0.556 bits per heavy atom. The number of carboxylic acids is 1. The highest BCUT2D eigenvalue weighted by Crippen LogP contribution is 2.17. The van der Waals surface area contributed by atoms with Gasteiger partial charge >= 0.3 is 11.9 Å². The van der Waals surface area contributed by atoms with E-state index in [1.807, 2.05) is 0 Å². The lowest BCUT2D eigenvalue weighted by Gasteiger charge is -2.17. The Hall–Kier alpha value is -3.98. The molecule has 0 rings (SSSR count). The van der Waals surface area contributed by atoms with E-state index in [1.165, 1.54) is 0 Å². The Balaban J connectivity index is 4.52. The third kappa shape index (κ3) is 35.1. The van der Waals surface area contributed by atoms with E-state index in [1.54, 1.807) is 0 Å². The van der Waals surface area contributed by atoms with Gasteiger partial charge in [-0.15, -0.1) is 0 Å². The summed E-state index contributed by atoms with van der Waals surface area (Å²) < 4.78 is 5.96. The molecule has 2 amide bonds. The highest BCUT2D eigenvalue weighted by molar-refractivity contribution is 5.87. The molecule has 304 valence electrons. The van der Waals surface area contributed by atoms with Crippen LogP contribution < -0.4 is 10.6 Å². The van der Waals surface area contributed by atoms with Crippen LogP contribution in [-0.2, 0) is 23.9 Å². The van der Waals surface area contributed by atoms with Crippen LogP contribution in [0.5, 0.6) is 0 Å². The number of ether oxygens (including phenoxy) is 1. The lowest BCUT2D eigenvalue weighted by atomic mass is 10.0. The second-order valence-electron chi connectivity index (χ2n) is 13.3. The zero-order valence-electron chi connectivity index (χ0n) is 33.4. The van der Waals surface area contributed by atoms with Gasteiger partial charge in [-0.25, -0.2) is 4.79 Å². The summed E-state index contributed by atoms with van der Waals surface area (Å²) in [7, 11) is 0. The molecule has 9 nitrogen and oxygen atoms in total. The van der Waals surface area contributed by atoms with E-state index in [4.69, 9.17) is 14.9 Å². The first kappa shape index (κ1) is 50.0. The number of hydrogen-bond acceptors (Lipinski definition) is 6. The number of aliphatic hydroxyl groups is 1. The van der Waals surface area contributed by atoms with Crippen LogP contribution in [0.2, 0.25) is 0 Å². The second-order valence-corrected chi connectivity index (χ2v) is 13.3. The van der Waals surface area contributed by atoms with Crippen molar-refractivity contribution >= 4 is 23.8 Å². The van der Waals surface area contributed by atoms with Crippen LogP contribution in [0, 0.1) is 0 Å². The van der Waals surface area contributed by atoms with Crippen LogP contribution in [-0.4, -0.2) is 59.3 Å². The number of esters is 1. The fraction of sp³-hybridized carbons (Fsp3) is 0.600. The van der Waals surface area contributed by atoms with Gasteiger partial charge in [0.2, 0.25) is 11.8 Å². The summed E-state index contributed by atoms with van der Waals surface area (Å²) in [6, 6.07) is -1.39. The van der Waals surface area contributed by atoms with E-state index in [0.717, 1.165) is 116 Å². The van der Waals surface area contributed by atoms with E-state index < -0.39 is 24.5 Å². The number of allylic oxidation sites excluding steroid dienone is 14. The van der Waals surface area contributed by atoms with Gasteiger partial charge in [0, 0.05) is 12.8 Å². The molecule has 0 saturated carbocycles. The Labute approximate surface area is 326 Å². The first-order valence-corrected chi connectivity index (χ1v) is 20.5. The molecule has 0 radical (unpaired) electrons. The molecule has 0 heterocycles. The van der Waals surface area contributed by atoms with Crippen molar-refractivity contribution < 1.29 is 34.1 Å². The summed E-state index contributed by atoms with van der Waals surface area (Å²) in [6.45, 7) is 3.22. The van der Waals surface area contributed by atoms with Crippen molar-refractivity contribution in [3.05, 3.63) is 85.1 Å². The van der Waals surface area contributed by atoms with Crippen LogP contribution >= 0.6 is 0 Å². The molecule has 0 aliphatic rings. The number of aliphatic hydroxyl groups excluding tert-OH is 1. The molecule has 0 aromatic rings. The summed E-state index contributed by atoms with van der Waals surface area (Å²) >= 11 is 0. The minimum atomic E-state index is -1.39. The van der Waals surface area contributed by atoms with E-state index in [2.05, 4.69) is 110 Å². The van der Waals surface area contributed by atoms with Gasteiger partial charge in [0.1, 0.15) is 12.1 Å². The molecule has 2 unspecified atom stereocenters. The summed E-state index contributed by atoms with van der Waals surface area (Å²) in [5.41, 5.74) is 0. The molecule has 2 atom stereocenters. The lowest BCUT2D eigenvalue weighted by Crippen LogP contribution is -2.47. The van der Waals surface area contributed by atoms with E-state index >= 15 is 0 Å². The fourth-order valence-electron chi connectivity index (χ4n) is 5.31. The van der Waals surface area contributed by atoms with Crippen LogP contribution in [0.25, 0.3) is 0 Å². The molecule has 54 heavy (non-hydrogen) atoms. The van der Waals surface area contributed by atoms with Gasteiger partial charge in [-0.05, 0) is 96.3 Å². The third-order valence-electron chi connectivity index (χ3n) is 8.40. The summed E-state index contributed by atoms with van der Waals surface area (Å²) in [6.07, 6.45) is 48.9. The molecule has 0 fully saturated rings. The van der Waals surface area contributed by atoms with Crippen LogP contribution in [0.3, 0.4) is 0 Å². The Morgan fingerprint density at radius 2 is 1.04 bits per heavy atom. The Bertz CT molecular complexity index is 1180. The number of aliphatic carboxylic acids is 1. The zero-order valence-corrected chi connectivity index (χ0v) is 33.4. The zero-order chi connectivity index (χ0) is 39.7. The van der Waals surface area contributed by atoms with Gasteiger partial charge in [0.05, 0.1) is 13.2 Å². The number of unbranched alkanes of at least 4 members (excludes halogenated alkanes) is 7. The Kier molecular flexibility index (Phi) is 35.9. The number of carbonyl (C=O) groups is 4. The van der Waals surface area contributed by atoms with Crippen LogP contribution in [0.1, 0.15) is 149 Å². The van der Waals surface area contributed by atoms with Crippen molar-refractivity contribution in [1.82, 2.24) is 10.6 Å². The molecular formula is C45H72N2O7. The maximum absolute atomic E-state index is 12.7. The second kappa shape index (κ2) is 38.7. The Morgan fingerprint density at radius 3 is 1.59 bits per heavy atom. The van der Waals surface area contributed by atoms with Gasteiger partial charge in [-0.2, -0.15) is 0 Å². The topological polar surface area (TPSA) is 142 Å². The van der Waals surface area contributed by atoms with Crippen LogP contribution in [0.4, 0.5) is 0 Å². The van der Waals surface area contributed by atoms with Crippen molar-refractivity contribution in [1.29, 1.82) is 0 Å². The number of amides is 2. The number of carbonyl (C=O) groups excluding carboxylic acids is 3. The smallest absolute Gasteiger partial charge is 0.328 e. The lowest BCUT2D eigenvalue weighted by molar-refractivity contribution is -0.150. The maximum Gasteiger partial charge on any atom is 0.328 e. The quantitative estimate of drug-likeness (QED) is 0.0287. The summed E-state index contributed by atoms with van der Waals surface area (Å²) in [4.78, 5) is 47.5. The molecule has 0 aromatic carbocycles. The molecule has 0 aliphatic heterocycles. The number of rotatable bonds is 35. The summed E-state index contributed by atoms with van der Waals surface area (Å²) in [5, 5.41) is 22.5. The predicted molar refractivity (Wildman–Crippen MR) is 222 cm³/mol. The number of hydrogen-bond donors (Lipinski definition) is 4. The first-order chi connectivity index (χ1) is 26.3. The van der Waals surface area contributed by atoms with Gasteiger partial charge in [0.15, 0.2) is 0 Å². The van der Waals surface area contributed by atoms with Gasteiger partial charge < -0.3 is 25.6 Å². The molecular weight excluding hydrogens is 681 g/mol. The molecule has 4 N–H and O–H groups in total. The van der Waals surface area contributed by atoms with Gasteiger partial charge in [-0.3, -0.25) is 14.4 Å². The van der Waals surface area contributed by atoms with Crippen molar-refractivity contribution in [2.75, 3.05) is 13.2 Å². The van der Waals surface area contributed by atoms with Gasteiger partial charge in [-0.1, -0.05) is 125 Å². The van der Waals surface area contributed by atoms with Crippen molar-refractivity contribution in [2.45, 2.75) is 161 Å². The SMILES string of the molecule is CC/C=C\C/C=C\C/C=C\C/C=C\CCC(CCCCCCCC(=O)NCC(=O)NC(CO)C(=O)O)OC(=O)CCCCC/C=C\C/C=C\C/C=C\CC. The standard InChI is InChI=1S/C45H72N2O7/c1-3-5-7-9-11-13-15-17-19-21-23-26-30-34-40(54-44(51)37-33-29-24-22-20-18-16-14-12-10-8-6-4-2)35-31-27-25-28-32-36-42(49)46-38-43(50)47-41(39-48)45(52)53/h5-8,11-14,17-20,23,26,40-41,48H,3-4,9-10,15-16,21-22,24-25,27-39H2,1-2H3,(H,46,49)(H,47,50)(H,52,53)/b7-5-,8-6-,13-11-,14-12-,19-17-,20-18-,26-23-. The van der Waals surface area contributed by atoms with Crippen molar-refractivity contribution in [3.63, 3.8) is 0 Å². The molecule has 0 saturated heterocycles. The first-order valence-electron chi connectivity index (χ1n) is 20.5. The highest BCUT2D eigenvalue weighted by Gasteiger charge is 2.19. The van der Waals surface area contributed by atoms with Crippen molar-refractivity contribution in [2.24, 2.45) is 0 Å². The minimum absolute atomic E-state index is 0.110. The normalized spacial score (nSPS) is 13.4. The molecule has 0 aliphatic carbocycles. The third-order valence-corrected chi connectivity index (χ3v) is 8.40. The van der Waals surface area contributed by atoms with E-state index in [9.17, 15) is 19.2 Å². The molecule has 0 spiro atoms. The van der Waals surface area contributed by atoms with E-state index in [-0.39, 0.29) is 30.9 Å². The molecule has 0 aromatic heterocycles. The average molecular weight is 753 g/mol. The predicted octanol–water partition coefficient (Wildman–Crippen LogP) is 9.70. The molecule has 0 bridgehead atoms. The fourth-order valence-corrected chi connectivity index (χ4v) is 5.31. The molecule has 9 heteroatoms. The number of carboxylic acid groups (broad SMARTS) is 1. The average Bonchev–Trinajstić information content (AvgIpc) is 3.15. The van der Waals surface area contributed by atoms with E-state index in [0.29, 0.717) is 12.8 Å². The van der Waals surface area contributed by atoms with Crippen molar-refractivity contribution in [3.8, 4) is 0 Å². The largest absolute Gasteiger partial charge is 0.480 e. The van der Waals surface area contributed by atoms with Gasteiger partial charge in [0.25, 0.3) is 0 Å². The van der Waals surface area contributed by atoms with Crippen LogP contribution in [0.15, 0.2) is 85.1 Å². The monoisotopic (exact) mass is 753 g/mol. The minimum Gasteiger partial charge on any atom is -0.480 e. The maximum atomic E-state index is 12.7.